The molecule has 0 aliphatic heterocycles. The lowest BCUT2D eigenvalue weighted by Gasteiger charge is -2.11. The summed E-state index contributed by atoms with van der Waals surface area (Å²) < 4.78 is 11.0. The Hall–Kier alpha value is -1.20. The fraction of sp³-hybridized carbons (Fsp3) is 0.538. The average molecular weight is 268 g/mol. The average Bonchev–Trinajstić information content (AvgIpc) is 2.27. The molecule has 0 aliphatic carbocycles. The van der Waals surface area contributed by atoms with Crippen molar-refractivity contribution in [2.45, 2.75) is 20.8 Å². The molecule has 0 aliphatic rings. The van der Waals surface area contributed by atoms with Gasteiger partial charge in [0, 0.05) is 12.3 Å². The first kappa shape index (κ1) is 14.9. The lowest BCUT2D eigenvalue weighted by atomic mass is 10.2. The van der Waals surface area contributed by atoms with Gasteiger partial charge < -0.3 is 15.2 Å². The van der Waals surface area contributed by atoms with E-state index in [1.54, 1.807) is 0 Å². The Morgan fingerprint density at radius 3 is 2.72 bits per heavy atom. The summed E-state index contributed by atoms with van der Waals surface area (Å²) in [5, 5.41) is 0. The molecule has 1 aromatic rings. The molecule has 0 aromatic carbocycles. The molecule has 1 aromatic heterocycles. The lowest BCUT2D eigenvalue weighted by Crippen LogP contribution is -2.16. The van der Waals surface area contributed by atoms with Crippen LogP contribution < -0.4 is 10.5 Å². The van der Waals surface area contributed by atoms with Crippen LogP contribution in [0.1, 0.15) is 25.1 Å². The summed E-state index contributed by atoms with van der Waals surface area (Å²) in [5.41, 5.74) is 7.15. The van der Waals surface area contributed by atoms with E-state index in [4.69, 9.17) is 27.4 Å². The molecule has 0 spiro atoms. The van der Waals surface area contributed by atoms with Crippen LogP contribution in [0, 0.1) is 12.8 Å². The minimum absolute atomic E-state index is 0.292. The van der Waals surface area contributed by atoms with Crippen LogP contribution in [0.3, 0.4) is 0 Å². The van der Waals surface area contributed by atoms with E-state index in [9.17, 15) is 0 Å². The van der Waals surface area contributed by atoms with Gasteiger partial charge in [-0.15, -0.1) is 0 Å². The van der Waals surface area contributed by atoms with Gasteiger partial charge in [0.05, 0.1) is 12.2 Å². The fourth-order valence-electron chi connectivity index (χ4n) is 1.35. The molecule has 4 nitrogen and oxygen atoms in total. The molecule has 100 valence electrons. The van der Waals surface area contributed by atoms with Gasteiger partial charge in [-0.25, -0.2) is 4.98 Å². The molecular formula is C13H20N2O2S. The topological polar surface area (TPSA) is 57.4 Å². The Bertz CT molecular complexity index is 408. The van der Waals surface area contributed by atoms with Crippen molar-refractivity contribution in [3.05, 3.63) is 23.4 Å². The highest BCUT2D eigenvalue weighted by Gasteiger charge is 2.08. The third kappa shape index (κ3) is 4.98. The first-order valence-corrected chi connectivity index (χ1v) is 6.39. The molecule has 18 heavy (non-hydrogen) atoms. The number of thiocarbonyl (C=S) groups is 1. The van der Waals surface area contributed by atoms with Crippen molar-refractivity contribution < 1.29 is 9.47 Å². The predicted octanol–water partition coefficient (Wildman–Crippen LogP) is 2.08. The second-order valence-electron chi connectivity index (χ2n) is 4.49. The quantitative estimate of drug-likeness (QED) is 0.606. The summed E-state index contributed by atoms with van der Waals surface area (Å²) in [6.45, 7) is 7.81. The van der Waals surface area contributed by atoms with E-state index in [1.165, 1.54) is 0 Å². The summed E-state index contributed by atoms with van der Waals surface area (Å²) in [6.07, 6.45) is 0. The van der Waals surface area contributed by atoms with E-state index in [0.29, 0.717) is 35.6 Å². The van der Waals surface area contributed by atoms with E-state index >= 15 is 0 Å². The highest BCUT2D eigenvalue weighted by Crippen LogP contribution is 2.15. The fourth-order valence-corrected chi connectivity index (χ4v) is 1.50. The maximum absolute atomic E-state index is 5.61. The van der Waals surface area contributed by atoms with Crippen molar-refractivity contribution in [1.82, 2.24) is 4.98 Å². The zero-order valence-electron chi connectivity index (χ0n) is 11.1. The molecule has 0 fully saturated rings. The Kier molecular flexibility index (Phi) is 6.01. The van der Waals surface area contributed by atoms with Gasteiger partial charge >= 0.3 is 0 Å². The molecule has 0 bridgehead atoms. The summed E-state index contributed by atoms with van der Waals surface area (Å²) in [6, 6.07) is 3.69. The number of aromatic nitrogens is 1. The Morgan fingerprint density at radius 1 is 1.39 bits per heavy atom. The molecule has 0 unspecified atom stereocenters. The Balaban J connectivity index is 2.50. The normalized spacial score (nSPS) is 10.7. The minimum Gasteiger partial charge on any atom is -0.475 e. The molecule has 5 heteroatoms. The number of nitrogens with zero attached hydrogens (tertiary/aromatic N) is 1. The molecule has 1 rings (SSSR count). The number of hydrogen-bond donors (Lipinski definition) is 1. The monoisotopic (exact) mass is 268 g/mol. The molecule has 1 heterocycles. The predicted molar refractivity (Wildman–Crippen MR) is 76.0 cm³/mol. The van der Waals surface area contributed by atoms with E-state index in [2.05, 4.69) is 18.8 Å². The van der Waals surface area contributed by atoms with Gasteiger partial charge in [-0.2, -0.15) is 0 Å². The van der Waals surface area contributed by atoms with Crippen molar-refractivity contribution in [2.24, 2.45) is 11.7 Å². The van der Waals surface area contributed by atoms with Crippen LogP contribution in [0.2, 0.25) is 0 Å². The van der Waals surface area contributed by atoms with Gasteiger partial charge in [-0.1, -0.05) is 26.1 Å². The van der Waals surface area contributed by atoms with Gasteiger partial charge in [0.15, 0.2) is 0 Å². The third-order valence-corrected chi connectivity index (χ3v) is 2.40. The molecule has 0 atom stereocenters. The van der Waals surface area contributed by atoms with Crippen molar-refractivity contribution >= 4 is 17.2 Å². The summed E-state index contributed by atoms with van der Waals surface area (Å²) in [4.78, 5) is 4.57. The maximum atomic E-state index is 5.61. The van der Waals surface area contributed by atoms with E-state index in [1.807, 2.05) is 19.1 Å². The second kappa shape index (κ2) is 7.28. The van der Waals surface area contributed by atoms with Crippen molar-refractivity contribution in [2.75, 3.05) is 19.8 Å². The van der Waals surface area contributed by atoms with Crippen molar-refractivity contribution in [3.63, 3.8) is 0 Å². The number of ether oxygens (including phenoxy) is 2. The van der Waals surface area contributed by atoms with Crippen LogP contribution in [-0.2, 0) is 4.74 Å². The highest BCUT2D eigenvalue weighted by atomic mass is 32.1. The summed E-state index contributed by atoms with van der Waals surface area (Å²) in [5.74, 6) is 1.00. The second-order valence-corrected chi connectivity index (χ2v) is 4.93. The van der Waals surface area contributed by atoms with Gasteiger partial charge in [0.25, 0.3) is 0 Å². The number of nitrogens with two attached hydrogens (primary N) is 1. The first-order valence-electron chi connectivity index (χ1n) is 5.98. The van der Waals surface area contributed by atoms with Crippen LogP contribution in [0.15, 0.2) is 12.1 Å². The zero-order chi connectivity index (χ0) is 13.5. The summed E-state index contributed by atoms with van der Waals surface area (Å²) in [7, 11) is 0. The Morgan fingerprint density at radius 2 is 2.11 bits per heavy atom. The smallest absolute Gasteiger partial charge is 0.224 e. The number of rotatable bonds is 7. The third-order valence-electron chi connectivity index (χ3n) is 2.18. The number of aryl methyl sites for hydroxylation is 1. The standard InChI is InChI=1S/C13H20N2O2S/c1-9(2)8-16-6-7-17-13-11(12(14)18)5-4-10(3)15-13/h4-5,9H,6-8H2,1-3H3,(H2,14,18). The van der Waals surface area contributed by atoms with Crippen LogP contribution in [0.5, 0.6) is 5.88 Å². The van der Waals surface area contributed by atoms with Crippen LogP contribution in [0.4, 0.5) is 0 Å². The maximum Gasteiger partial charge on any atom is 0.224 e. The zero-order valence-corrected chi connectivity index (χ0v) is 11.9. The summed E-state index contributed by atoms with van der Waals surface area (Å²) >= 11 is 4.96. The highest BCUT2D eigenvalue weighted by molar-refractivity contribution is 7.80. The van der Waals surface area contributed by atoms with E-state index in [0.717, 1.165) is 12.3 Å². The van der Waals surface area contributed by atoms with E-state index in [-0.39, 0.29) is 0 Å². The Labute approximate surface area is 113 Å². The van der Waals surface area contributed by atoms with Gasteiger partial charge in [0.2, 0.25) is 5.88 Å². The minimum atomic E-state index is 0.292. The molecule has 0 amide bonds. The molecule has 2 N–H and O–H groups in total. The van der Waals surface area contributed by atoms with Crippen LogP contribution in [0.25, 0.3) is 0 Å². The van der Waals surface area contributed by atoms with Crippen LogP contribution in [-0.4, -0.2) is 29.8 Å². The molecular weight excluding hydrogens is 248 g/mol. The largest absolute Gasteiger partial charge is 0.475 e. The van der Waals surface area contributed by atoms with Crippen molar-refractivity contribution in [3.8, 4) is 5.88 Å². The van der Waals surface area contributed by atoms with Crippen molar-refractivity contribution in [1.29, 1.82) is 0 Å². The first-order chi connectivity index (χ1) is 8.50. The van der Waals surface area contributed by atoms with Crippen LogP contribution >= 0.6 is 12.2 Å². The molecule has 0 saturated carbocycles. The van der Waals surface area contributed by atoms with Gasteiger partial charge in [-0.3, -0.25) is 0 Å². The van der Waals surface area contributed by atoms with E-state index < -0.39 is 0 Å². The number of pyridine rings is 1. The SMILES string of the molecule is Cc1ccc(C(N)=S)c(OCCOCC(C)C)n1. The number of hydrogen-bond acceptors (Lipinski definition) is 4. The van der Waals surface area contributed by atoms with Gasteiger partial charge in [-0.05, 0) is 25.0 Å². The molecule has 0 saturated heterocycles. The van der Waals surface area contributed by atoms with Gasteiger partial charge in [0.1, 0.15) is 11.6 Å². The molecule has 0 radical (unpaired) electrons. The lowest BCUT2D eigenvalue weighted by molar-refractivity contribution is 0.0805.